The van der Waals surface area contributed by atoms with Gasteiger partial charge in [0.1, 0.15) is 11.3 Å². The summed E-state index contributed by atoms with van der Waals surface area (Å²) in [5.41, 5.74) is 1.50. The Morgan fingerprint density at radius 2 is 2.05 bits per heavy atom. The lowest BCUT2D eigenvalue weighted by Crippen LogP contribution is -2.29. The number of nitrogens with zero attached hydrogens (tertiary/aromatic N) is 2. The van der Waals surface area contributed by atoms with Crippen molar-refractivity contribution in [3.63, 3.8) is 0 Å². The summed E-state index contributed by atoms with van der Waals surface area (Å²) in [7, 11) is 1.72. The fourth-order valence-corrected chi connectivity index (χ4v) is 2.21. The lowest BCUT2D eigenvalue weighted by Gasteiger charge is -2.21. The minimum atomic E-state index is -0.219. The first-order valence-electron chi connectivity index (χ1n) is 6.75. The average Bonchev–Trinajstić information content (AvgIpc) is 3.10. The maximum atomic E-state index is 12.3. The van der Waals surface area contributed by atoms with Crippen molar-refractivity contribution >= 4 is 16.9 Å². The third kappa shape index (κ3) is 2.42. The summed E-state index contributed by atoms with van der Waals surface area (Å²) in [6.07, 6.45) is 0. The highest BCUT2D eigenvalue weighted by Crippen LogP contribution is 2.27. The highest BCUT2D eigenvalue weighted by atomic mass is 16.5. The Kier molecular flexibility index (Phi) is 3.25. The van der Waals surface area contributed by atoms with Crippen LogP contribution in [0.15, 0.2) is 45.3 Å². The van der Waals surface area contributed by atoms with Crippen molar-refractivity contribution in [1.29, 1.82) is 0 Å². The summed E-state index contributed by atoms with van der Waals surface area (Å²) in [4.78, 5) is 13.9. The number of benzene rings is 1. The molecule has 0 aliphatic carbocycles. The van der Waals surface area contributed by atoms with Gasteiger partial charge in [0.15, 0.2) is 0 Å². The molecule has 2 heterocycles. The van der Waals surface area contributed by atoms with E-state index in [-0.39, 0.29) is 17.7 Å². The zero-order valence-corrected chi connectivity index (χ0v) is 12.2. The molecule has 0 saturated heterocycles. The molecule has 0 aliphatic heterocycles. The van der Waals surface area contributed by atoms with E-state index in [1.165, 1.54) is 0 Å². The van der Waals surface area contributed by atoms with Crippen LogP contribution in [0.25, 0.3) is 11.0 Å². The molecule has 1 unspecified atom stereocenters. The number of para-hydroxylation sites is 1. The highest BCUT2D eigenvalue weighted by molar-refractivity contribution is 5.91. The Morgan fingerprint density at radius 1 is 1.29 bits per heavy atom. The Bertz CT molecular complexity index is 755. The van der Waals surface area contributed by atoms with E-state index in [0.29, 0.717) is 5.69 Å². The molecule has 0 aliphatic rings. The third-order valence-electron chi connectivity index (χ3n) is 3.60. The number of rotatable bonds is 3. The van der Waals surface area contributed by atoms with Crippen molar-refractivity contribution < 1.29 is 13.7 Å². The molecule has 5 heteroatoms. The molecule has 0 N–H and O–H groups in total. The normalized spacial score (nSPS) is 12.5. The van der Waals surface area contributed by atoms with Crippen LogP contribution in [-0.4, -0.2) is 23.0 Å². The monoisotopic (exact) mass is 284 g/mol. The molecular formula is C16H16N2O3. The van der Waals surface area contributed by atoms with Crippen molar-refractivity contribution in [3.05, 3.63) is 53.6 Å². The molecule has 0 bridgehead atoms. The fourth-order valence-electron chi connectivity index (χ4n) is 2.21. The molecule has 108 valence electrons. The van der Waals surface area contributed by atoms with Gasteiger partial charge in [-0.3, -0.25) is 4.79 Å². The van der Waals surface area contributed by atoms with Crippen LogP contribution in [0.2, 0.25) is 0 Å². The standard InChI is InChI=1S/C16H16N2O3/c1-10-8-15(21-17-10)16(19)18(3)11(2)14-9-12-6-4-5-7-13(12)20-14/h4-9,11H,1-3H3. The molecule has 5 nitrogen and oxygen atoms in total. The number of carbonyl (C=O) groups is 1. The molecule has 2 aromatic heterocycles. The molecule has 3 aromatic rings. The molecule has 1 amide bonds. The first-order valence-corrected chi connectivity index (χ1v) is 6.75. The number of hydrogen-bond acceptors (Lipinski definition) is 4. The molecule has 0 radical (unpaired) electrons. The number of carbonyl (C=O) groups excluding carboxylic acids is 1. The van der Waals surface area contributed by atoms with Gasteiger partial charge in [0.2, 0.25) is 5.76 Å². The summed E-state index contributed by atoms with van der Waals surface area (Å²) in [5.74, 6) is 0.754. The number of aryl methyl sites for hydroxylation is 1. The van der Waals surface area contributed by atoms with Crippen molar-refractivity contribution in [2.24, 2.45) is 0 Å². The summed E-state index contributed by atoms with van der Waals surface area (Å²) >= 11 is 0. The van der Waals surface area contributed by atoms with E-state index in [9.17, 15) is 4.79 Å². The Balaban J connectivity index is 1.86. The maximum absolute atomic E-state index is 12.3. The summed E-state index contributed by atoms with van der Waals surface area (Å²) in [6.45, 7) is 3.70. The predicted octanol–water partition coefficient (Wildman–Crippen LogP) is 3.56. The largest absolute Gasteiger partial charge is 0.459 e. The fraction of sp³-hybridized carbons (Fsp3) is 0.250. The quantitative estimate of drug-likeness (QED) is 0.737. The van der Waals surface area contributed by atoms with Crippen LogP contribution in [0.5, 0.6) is 0 Å². The Hall–Kier alpha value is -2.56. The second kappa shape index (κ2) is 5.09. The Labute approximate surface area is 122 Å². The van der Waals surface area contributed by atoms with Gasteiger partial charge >= 0.3 is 0 Å². The molecular weight excluding hydrogens is 268 g/mol. The second-order valence-corrected chi connectivity index (χ2v) is 5.11. The van der Waals surface area contributed by atoms with Crippen LogP contribution in [0.4, 0.5) is 0 Å². The summed E-state index contributed by atoms with van der Waals surface area (Å²) in [5, 5.41) is 4.76. The van der Waals surface area contributed by atoms with Crippen LogP contribution in [-0.2, 0) is 0 Å². The van der Waals surface area contributed by atoms with Crippen LogP contribution in [0, 0.1) is 6.92 Å². The summed E-state index contributed by atoms with van der Waals surface area (Å²) < 4.78 is 10.8. The highest BCUT2D eigenvalue weighted by Gasteiger charge is 2.24. The van der Waals surface area contributed by atoms with Crippen molar-refractivity contribution in [1.82, 2.24) is 10.1 Å². The van der Waals surface area contributed by atoms with Gasteiger partial charge in [-0.15, -0.1) is 0 Å². The number of fused-ring (bicyclic) bond motifs is 1. The van der Waals surface area contributed by atoms with Gasteiger partial charge in [-0.2, -0.15) is 0 Å². The van der Waals surface area contributed by atoms with Gasteiger partial charge in [0.25, 0.3) is 5.91 Å². The number of hydrogen-bond donors (Lipinski definition) is 0. The van der Waals surface area contributed by atoms with Gasteiger partial charge in [-0.25, -0.2) is 0 Å². The topological polar surface area (TPSA) is 59.5 Å². The van der Waals surface area contributed by atoms with Gasteiger partial charge < -0.3 is 13.8 Å². The third-order valence-corrected chi connectivity index (χ3v) is 3.60. The first kappa shape index (κ1) is 13.4. The zero-order chi connectivity index (χ0) is 15.0. The minimum Gasteiger partial charge on any atom is -0.459 e. The zero-order valence-electron chi connectivity index (χ0n) is 12.2. The van der Waals surface area contributed by atoms with E-state index in [1.54, 1.807) is 24.9 Å². The maximum Gasteiger partial charge on any atom is 0.292 e. The van der Waals surface area contributed by atoms with Crippen LogP contribution >= 0.6 is 0 Å². The van der Waals surface area contributed by atoms with Crippen molar-refractivity contribution in [3.8, 4) is 0 Å². The second-order valence-electron chi connectivity index (χ2n) is 5.11. The Morgan fingerprint density at radius 3 is 2.71 bits per heavy atom. The minimum absolute atomic E-state index is 0.199. The van der Waals surface area contributed by atoms with Crippen LogP contribution in [0.3, 0.4) is 0 Å². The van der Waals surface area contributed by atoms with Gasteiger partial charge in [-0.1, -0.05) is 23.4 Å². The van der Waals surface area contributed by atoms with E-state index in [2.05, 4.69) is 5.16 Å². The van der Waals surface area contributed by atoms with E-state index in [4.69, 9.17) is 8.94 Å². The number of aromatic nitrogens is 1. The summed E-state index contributed by atoms with van der Waals surface area (Å²) in [6, 6.07) is 11.2. The van der Waals surface area contributed by atoms with Crippen LogP contribution < -0.4 is 0 Å². The molecule has 0 saturated carbocycles. The number of furan rings is 1. The van der Waals surface area contributed by atoms with Gasteiger partial charge in [-0.05, 0) is 26.0 Å². The van der Waals surface area contributed by atoms with E-state index >= 15 is 0 Å². The number of amides is 1. The smallest absolute Gasteiger partial charge is 0.292 e. The lowest BCUT2D eigenvalue weighted by atomic mass is 10.2. The molecule has 0 spiro atoms. The van der Waals surface area contributed by atoms with Crippen molar-refractivity contribution in [2.75, 3.05) is 7.05 Å². The van der Waals surface area contributed by atoms with E-state index < -0.39 is 0 Å². The molecule has 0 fully saturated rings. The molecule has 21 heavy (non-hydrogen) atoms. The van der Waals surface area contributed by atoms with E-state index in [0.717, 1.165) is 16.7 Å². The van der Waals surface area contributed by atoms with Crippen LogP contribution in [0.1, 0.15) is 35.0 Å². The first-order chi connectivity index (χ1) is 10.1. The SMILES string of the molecule is Cc1cc(C(=O)N(C)C(C)c2cc3ccccc3o2)on1. The van der Waals surface area contributed by atoms with Crippen molar-refractivity contribution in [2.45, 2.75) is 19.9 Å². The van der Waals surface area contributed by atoms with Gasteiger partial charge in [0.05, 0.1) is 11.7 Å². The van der Waals surface area contributed by atoms with Gasteiger partial charge in [0, 0.05) is 18.5 Å². The average molecular weight is 284 g/mol. The van der Waals surface area contributed by atoms with E-state index in [1.807, 2.05) is 37.3 Å². The molecule has 1 aromatic carbocycles. The lowest BCUT2D eigenvalue weighted by molar-refractivity contribution is 0.0685. The molecule has 1 atom stereocenters. The molecule has 3 rings (SSSR count). The predicted molar refractivity (Wildman–Crippen MR) is 78.0 cm³/mol.